The van der Waals surface area contributed by atoms with Gasteiger partial charge in [0.1, 0.15) is 0 Å². The Balaban J connectivity index is 0.952. The Morgan fingerprint density at radius 2 is 0.762 bits per heavy atom. The molecule has 6 aromatic carbocycles. The fourth-order valence-electron chi connectivity index (χ4n) is 9.55. The molecule has 7 aromatic heterocycles. The van der Waals surface area contributed by atoms with Crippen molar-refractivity contribution < 1.29 is 0 Å². The third-order valence-corrected chi connectivity index (χ3v) is 13.5. The SMILES string of the molecule is c1ccc(-c2ccccc2-c2ccc3c(c2)c2ncccc2n3-c2ccc3sc4ccc(-n5c6ccc(-c7ccccc7-c7ccccn7)cc6c6ncccc65)cc4c3c2)nc1. The van der Waals surface area contributed by atoms with Crippen molar-refractivity contribution in [2.45, 2.75) is 0 Å². The molecule has 0 amide bonds. The first kappa shape index (κ1) is 35.5. The minimum atomic E-state index is 0.954. The zero-order valence-corrected chi connectivity index (χ0v) is 34.5. The molecule has 63 heavy (non-hydrogen) atoms. The van der Waals surface area contributed by atoms with Gasteiger partial charge in [-0.15, -0.1) is 11.3 Å². The smallest absolute Gasteiger partial charge is 0.0963 e. The number of benzene rings is 6. The van der Waals surface area contributed by atoms with Crippen LogP contribution in [-0.2, 0) is 0 Å². The minimum Gasteiger partial charge on any atom is -0.308 e. The van der Waals surface area contributed by atoms with E-state index in [9.17, 15) is 0 Å². The number of hydrogen-bond donors (Lipinski definition) is 0. The van der Waals surface area contributed by atoms with Gasteiger partial charge in [-0.3, -0.25) is 19.9 Å². The van der Waals surface area contributed by atoms with Crippen LogP contribution >= 0.6 is 11.3 Å². The molecule has 13 aromatic rings. The molecule has 294 valence electrons. The zero-order valence-electron chi connectivity index (χ0n) is 33.7. The van der Waals surface area contributed by atoms with Crippen molar-refractivity contribution in [2.24, 2.45) is 0 Å². The second kappa shape index (κ2) is 14.2. The molecule has 0 radical (unpaired) electrons. The third kappa shape index (κ3) is 5.64. The lowest BCUT2D eigenvalue weighted by molar-refractivity contribution is 1.18. The number of hydrogen-bond acceptors (Lipinski definition) is 5. The van der Waals surface area contributed by atoms with E-state index in [-0.39, 0.29) is 0 Å². The van der Waals surface area contributed by atoms with E-state index in [1.54, 1.807) is 0 Å². The van der Waals surface area contributed by atoms with Crippen molar-refractivity contribution in [3.8, 4) is 56.1 Å². The van der Waals surface area contributed by atoms with Gasteiger partial charge in [-0.25, -0.2) is 0 Å². The highest BCUT2D eigenvalue weighted by atomic mass is 32.1. The lowest BCUT2D eigenvalue weighted by Gasteiger charge is -2.11. The molecule has 0 atom stereocenters. The summed E-state index contributed by atoms with van der Waals surface area (Å²) in [5, 5.41) is 4.67. The Morgan fingerprint density at radius 1 is 0.317 bits per heavy atom. The highest BCUT2D eigenvalue weighted by Crippen LogP contribution is 2.42. The van der Waals surface area contributed by atoms with Crippen LogP contribution in [0.15, 0.2) is 207 Å². The van der Waals surface area contributed by atoms with E-state index in [0.29, 0.717) is 0 Å². The fraction of sp³-hybridized carbons (Fsp3) is 0. The van der Waals surface area contributed by atoms with Gasteiger partial charge in [0.2, 0.25) is 0 Å². The maximum absolute atomic E-state index is 4.96. The molecule has 0 aliphatic rings. The first-order chi connectivity index (χ1) is 31.2. The summed E-state index contributed by atoms with van der Waals surface area (Å²) in [6.07, 6.45) is 7.49. The van der Waals surface area contributed by atoms with Crippen molar-refractivity contribution in [2.75, 3.05) is 0 Å². The molecule has 7 heterocycles. The van der Waals surface area contributed by atoms with Crippen LogP contribution in [0.2, 0.25) is 0 Å². The molecule has 6 nitrogen and oxygen atoms in total. The van der Waals surface area contributed by atoms with E-state index in [4.69, 9.17) is 9.97 Å². The average molecular weight is 823 g/mol. The summed E-state index contributed by atoms with van der Waals surface area (Å²) in [6, 6.07) is 64.8. The van der Waals surface area contributed by atoms with Gasteiger partial charge >= 0.3 is 0 Å². The molecule has 0 aliphatic heterocycles. The van der Waals surface area contributed by atoms with Gasteiger partial charge in [0.15, 0.2) is 0 Å². The molecule has 0 unspecified atom stereocenters. The van der Waals surface area contributed by atoms with E-state index < -0.39 is 0 Å². The van der Waals surface area contributed by atoms with E-state index in [2.05, 4.69) is 165 Å². The predicted octanol–water partition coefficient (Wildman–Crippen LogP) is 14.5. The fourth-order valence-corrected chi connectivity index (χ4v) is 10.6. The van der Waals surface area contributed by atoms with Gasteiger partial charge in [0, 0.05) is 78.2 Å². The lowest BCUT2D eigenvalue weighted by Crippen LogP contribution is -1.94. The van der Waals surface area contributed by atoms with Gasteiger partial charge < -0.3 is 9.13 Å². The predicted molar refractivity (Wildman–Crippen MR) is 261 cm³/mol. The normalized spacial score (nSPS) is 11.8. The van der Waals surface area contributed by atoms with Gasteiger partial charge in [-0.2, -0.15) is 0 Å². The Kier molecular flexibility index (Phi) is 7.98. The molecule has 0 fully saturated rings. The molecule has 7 heteroatoms. The Labute approximate surface area is 365 Å². The van der Waals surface area contributed by atoms with Crippen LogP contribution in [0, 0.1) is 0 Å². The molecule has 0 bridgehead atoms. The molecule has 0 aliphatic carbocycles. The Hall–Kier alpha value is -8.26. The van der Waals surface area contributed by atoms with Crippen molar-refractivity contribution >= 4 is 75.4 Å². The van der Waals surface area contributed by atoms with Gasteiger partial charge in [-0.05, 0) is 131 Å². The third-order valence-electron chi connectivity index (χ3n) is 12.4. The van der Waals surface area contributed by atoms with Crippen molar-refractivity contribution in [1.29, 1.82) is 0 Å². The number of nitrogens with zero attached hydrogens (tertiary/aromatic N) is 6. The van der Waals surface area contributed by atoms with Crippen molar-refractivity contribution in [1.82, 2.24) is 29.1 Å². The maximum atomic E-state index is 4.96. The molecule has 0 spiro atoms. The minimum absolute atomic E-state index is 0.954. The summed E-state index contributed by atoms with van der Waals surface area (Å²) < 4.78 is 7.22. The van der Waals surface area contributed by atoms with Crippen molar-refractivity contribution in [3.05, 3.63) is 207 Å². The van der Waals surface area contributed by atoms with Crippen LogP contribution in [0.3, 0.4) is 0 Å². The number of fused-ring (bicyclic) bond motifs is 9. The van der Waals surface area contributed by atoms with Crippen LogP contribution in [0.1, 0.15) is 0 Å². The van der Waals surface area contributed by atoms with E-state index in [1.807, 2.05) is 72.5 Å². The van der Waals surface area contributed by atoms with Crippen LogP contribution in [0.25, 0.3) is 120 Å². The van der Waals surface area contributed by atoms with Gasteiger partial charge in [-0.1, -0.05) is 72.8 Å². The number of rotatable bonds is 6. The van der Waals surface area contributed by atoms with Crippen LogP contribution < -0.4 is 0 Å². The van der Waals surface area contributed by atoms with Gasteiger partial charge in [0.25, 0.3) is 0 Å². The topological polar surface area (TPSA) is 61.4 Å². The number of thiophene rings is 1. The second-order valence-corrected chi connectivity index (χ2v) is 16.9. The van der Waals surface area contributed by atoms with Crippen LogP contribution in [0.4, 0.5) is 0 Å². The zero-order chi connectivity index (χ0) is 41.4. The second-order valence-electron chi connectivity index (χ2n) is 15.9. The molecule has 0 saturated carbocycles. The number of aromatic nitrogens is 6. The van der Waals surface area contributed by atoms with Crippen molar-refractivity contribution in [3.63, 3.8) is 0 Å². The standard InChI is InChI=1S/C56H34N6S/c1-3-13-41(47-15-5-7-27-57-47)39(11-1)35-19-23-49-45(31-35)55-51(17-9-29-59-55)61(49)37-21-25-53-43(33-37)44-34-38(22-26-54(44)63-53)62-50-24-20-36(32-46(50)56-52(62)18-10-30-60-56)40-12-2-4-14-42(40)48-16-6-8-28-58-48/h1-34H. The Bertz CT molecular complexity index is 3670. The Morgan fingerprint density at radius 3 is 1.22 bits per heavy atom. The summed E-state index contributed by atoms with van der Waals surface area (Å²) in [4.78, 5) is 19.3. The first-order valence-electron chi connectivity index (χ1n) is 21.0. The maximum Gasteiger partial charge on any atom is 0.0963 e. The first-order valence-corrected chi connectivity index (χ1v) is 21.8. The average Bonchev–Trinajstić information content (AvgIpc) is 4.01. The summed E-state index contributed by atoms with van der Waals surface area (Å²) in [5.74, 6) is 0. The molecule has 13 rings (SSSR count). The van der Waals surface area contributed by atoms with Crippen LogP contribution in [-0.4, -0.2) is 29.1 Å². The van der Waals surface area contributed by atoms with E-state index >= 15 is 0 Å². The van der Waals surface area contributed by atoms with Gasteiger partial charge in [0.05, 0.1) is 44.5 Å². The molecule has 0 saturated heterocycles. The largest absolute Gasteiger partial charge is 0.308 e. The molecular formula is C56H34N6S. The molecular weight excluding hydrogens is 789 g/mol. The van der Waals surface area contributed by atoms with E-state index in [1.165, 1.54) is 20.2 Å². The van der Waals surface area contributed by atoms with Crippen LogP contribution in [0.5, 0.6) is 0 Å². The monoisotopic (exact) mass is 822 g/mol. The summed E-state index contributed by atoms with van der Waals surface area (Å²) in [6.45, 7) is 0. The number of pyridine rings is 4. The highest BCUT2D eigenvalue weighted by molar-refractivity contribution is 7.25. The van der Waals surface area contributed by atoms with E-state index in [0.717, 1.165) is 100 Å². The lowest BCUT2D eigenvalue weighted by atomic mass is 9.96. The summed E-state index contributed by atoms with van der Waals surface area (Å²) >= 11 is 1.83. The quantitative estimate of drug-likeness (QED) is 0.168. The highest BCUT2D eigenvalue weighted by Gasteiger charge is 2.19. The summed E-state index contributed by atoms with van der Waals surface area (Å²) in [7, 11) is 0. The molecule has 0 N–H and O–H groups in total. The summed E-state index contributed by atoms with van der Waals surface area (Å²) in [5.41, 5.74) is 17.2.